The summed E-state index contributed by atoms with van der Waals surface area (Å²) in [5.74, 6) is -1.76. The molecule has 1 rings (SSSR count). The van der Waals surface area contributed by atoms with E-state index < -0.39 is 29.7 Å². The Bertz CT molecular complexity index is 583. The molecule has 0 radical (unpaired) electrons. The lowest BCUT2D eigenvalue weighted by Gasteiger charge is -2.22. The number of alkyl carbamates (subject to hydrolysis) is 1. The summed E-state index contributed by atoms with van der Waals surface area (Å²) < 4.78 is 10.1. The molecule has 1 atom stereocenters. The highest BCUT2D eigenvalue weighted by molar-refractivity contribution is 5.80. The summed E-state index contributed by atoms with van der Waals surface area (Å²) in [6.45, 7) is 4.83. The third kappa shape index (κ3) is 9.31. The van der Waals surface area contributed by atoms with Gasteiger partial charge in [-0.15, -0.1) is 0 Å². The van der Waals surface area contributed by atoms with E-state index in [1.165, 1.54) is 0 Å². The van der Waals surface area contributed by atoms with Crippen LogP contribution in [0.5, 0.6) is 0 Å². The molecular formula is C17H24N2O6. The quantitative estimate of drug-likeness (QED) is 0.604. The monoisotopic (exact) mass is 352 g/mol. The van der Waals surface area contributed by atoms with Gasteiger partial charge in [0.2, 0.25) is 0 Å². The van der Waals surface area contributed by atoms with Gasteiger partial charge in [0.05, 0.1) is 6.54 Å². The molecular weight excluding hydrogens is 328 g/mol. The number of ether oxygens (including phenoxy) is 2. The third-order valence-electron chi connectivity index (χ3n) is 2.85. The minimum Gasteiger partial charge on any atom is -0.480 e. The average molecular weight is 352 g/mol. The van der Waals surface area contributed by atoms with Crippen molar-refractivity contribution in [3.8, 4) is 0 Å². The van der Waals surface area contributed by atoms with E-state index in [9.17, 15) is 14.4 Å². The van der Waals surface area contributed by atoms with E-state index in [2.05, 4.69) is 10.6 Å². The third-order valence-corrected chi connectivity index (χ3v) is 2.85. The number of benzene rings is 1. The first-order chi connectivity index (χ1) is 11.7. The van der Waals surface area contributed by atoms with Crippen LogP contribution in [0.2, 0.25) is 0 Å². The van der Waals surface area contributed by atoms with Crippen LogP contribution in [0.4, 0.5) is 4.79 Å². The first kappa shape index (κ1) is 20.4. The smallest absolute Gasteiger partial charge is 0.408 e. The molecule has 0 aliphatic carbocycles. The highest BCUT2D eigenvalue weighted by atomic mass is 16.6. The Kier molecular flexibility index (Phi) is 7.87. The minimum absolute atomic E-state index is 0.139. The van der Waals surface area contributed by atoms with Crippen LogP contribution >= 0.6 is 0 Å². The molecule has 0 heterocycles. The molecule has 138 valence electrons. The number of nitrogens with one attached hydrogen (secondary N) is 2. The molecule has 0 bridgehead atoms. The van der Waals surface area contributed by atoms with E-state index >= 15 is 0 Å². The Morgan fingerprint density at radius 3 is 2.36 bits per heavy atom. The van der Waals surface area contributed by atoms with Crippen LogP contribution in [0.15, 0.2) is 30.3 Å². The van der Waals surface area contributed by atoms with Crippen molar-refractivity contribution < 1.29 is 29.0 Å². The molecule has 3 N–H and O–H groups in total. The second-order valence-corrected chi connectivity index (χ2v) is 6.31. The van der Waals surface area contributed by atoms with E-state index in [1.54, 1.807) is 20.8 Å². The number of hydrogen-bond acceptors (Lipinski definition) is 6. The number of rotatable bonds is 8. The number of hydrogen-bond donors (Lipinski definition) is 3. The molecule has 1 amide bonds. The Labute approximate surface area is 146 Å². The van der Waals surface area contributed by atoms with E-state index in [0.29, 0.717) is 0 Å². The SMILES string of the molecule is CC(C)(C)OC(=O)N[C@@H](CNCC(=O)OCc1ccccc1)C(=O)O. The number of carbonyl (C=O) groups excluding carboxylic acids is 2. The molecule has 0 unspecified atom stereocenters. The molecule has 1 aromatic rings. The maximum atomic E-state index is 11.6. The summed E-state index contributed by atoms with van der Waals surface area (Å²) in [6.07, 6.45) is -0.839. The number of amides is 1. The van der Waals surface area contributed by atoms with Crippen molar-refractivity contribution in [2.75, 3.05) is 13.1 Å². The highest BCUT2D eigenvalue weighted by Crippen LogP contribution is 2.06. The fourth-order valence-electron chi connectivity index (χ4n) is 1.76. The van der Waals surface area contributed by atoms with Crippen LogP contribution in [-0.2, 0) is 25.7 Å². The number of carboxylic acids is 1. The van der Waals surface area contributed by atoms with Gasteiger partial charge >= 0.3 is 18.0 Å². The fraction of sp³-hybridized carbons (Fsp3) is 0.471. The maximum absolute atomic E-state index is 11.6. The standard InChI is InChI=1S/C17H24N2O6/c1-17(2,3)25-16(23)19-13(15(21)22)9-18-10-14(20)24-11-12-7-5-4-6-8-12/h4-8,13,18H,9-11H2,1-3H3,(H,19,23)(H,21,22)/t13-/m0/s1. The minimum atomic E-state index is -1.24. The van der Waals surface area contributed by atoms with Crippen molar-refractivity contribution in [1.29, 1.82) is 0 Å². The second-order valence-electron chi connectivity index (χ2n) is 6.31. The molecule has 0 saturated heterocycles. The highest BCUT2D eigenvalue weighted by Gasteiger charge is 2.23. The zero-order valence-electron chi connectivity index (χ0n) is 14.6. The van der Waals surface area contributed by atoms with Crippen LogP contribution < -0.4 is 10.6 Å². The lowest BCUT2D eigenvalue weighted by atomic mass is 10.2. The molecule has 8 heteroatoms. The zero-order valence-corrected chi connectivity index (χ0v) is 14.6. The maximum Gasteiger partial charge on any atom is 0.408 e. The van der Waals surface area contributed by atoms with E-state index in [1.807, 2.05) is 30.3 Å². The van der Waals surface area contributed by atoms with Gasteiger partial charge in [-0.2, -0.15) is 0 Å². The van der Waals surface area contributed by atoms with E-state index in [-0.39, 0.29) is 19.7 Å². The van der Waals surface area contributed by atoms with Gasteiger partial charge in [-0.25, -0.2) is 9.59 Å². The molecule has 0 fully saturated rings. The van der Waals surface area contributed by atoms with Crippen molar-refractivity contribution in [3.05, 3.63) is 35.9 Å². The van der Waals surface area contributed by atoms with Crippen LogP contribution in [0.3, 0.4) is 0 Å². The molecule has 0 aromatic heterocycles. The lowest BCUT2D eigenvalue weighted by molar-refractivity contribution is -0.144. The molecule has 0 saturated carbocycles. The van der Waals surface area contributed by atoms with Crippen molar-refractivity contribution in [1.82, 2.24) is 10.6 Å². The largest absolute Gasteiger partial charge is 0.480 e. The second kappa shape index (κ2) is 9.63. The van der Waals surface area contributed by atoms with Crippen LogP contribution in [0, 0.1) is 0 Å². The summed E-state index contributed by atoms with van der Waals surface area (Å²) in [4.78, 5) is 34.4. The van der Waals surface area contributed by atoms with E-state index in [0.717, 1.165) is 5.56 Å². The number of carbonyl (C=O) groups is 3. The number of aliphatic carboxylic acids is 1. The molecule has 0 aliphatic heterocycles. The van der Waals surface area contributed by atoms with E-state index in [4.69, 9.17) is 14.6 Å². The Hall–Kier alpha value is -2.61. The lowest BCUT2D eigenvalue weighted by Crippen LogP contribution is -2.49. The van der Waals surface area contributed by atoms with Gasteiger partial charge in [0.25, 0.3) is 0 Å². The van der Waals surface area contributed by atoms with Gasteiger partial charge in [0, 0.05) is 6.54 Å². The number of carboxylic acid groups (broad SMARTS) is 1. The van der Waals surface area contributed by atoms with Gasteiger partial charge in [-0.05, 0) is 26.3 Å². The van der Waals surface area contributed by atoms with Crippen LogP contribution in [-0.4, -0.2) is 47.9 Å². The summed E-state index contributed by atoms with van der Waals surface area (Å²) in [5.41, 5.74) is 0.118. The summed E-state index contributed by atoms with van der Waals surface area (Å²) >= 11 is 0. The molecule has 25 heavy (non-hydrogen) atoms. The zero-order chi connectivity index (χ0) is 18.9. The van der Waals surface area contributed by atoms with Crippen molar-refractivity contribution in [2.24, 2.45) is 0 Å². The van der Waals surface area contributed by atoms with Crippen molar-refractivity contribution in [3.63, 3.8) is 0 Å². The predicted molar refractivity (Wildman–Crippen MR) is 89.9 cm³/mol. The number of esters is 1. The van der Waals surface area contributed by atoms with Gasteiger partial charge in [0.1, 0.15) is 18.2 Å². The topological polar surface area (TPSA) is 114 Å². The van der Waals surface area contributed by atoms with Crippen LogP contribution in [0.25, 0.3) is 0 Å². The summed E-state index contributed by atoms with van der Waals surface area (Å²) in [7, 11) is 0. The van der Waals surface area contributed by atoms with Gasteiger partial charge < -0.3 is 25.2 Å². The van der Waals surface area contributed by atoms with Crippen LogP contribution in [0.1, 0.15) is 26.3 Å². The fourth-order valence-corrected chi connectivity index (χ4v) is 1.76. The molecule has 1 aromatic carbocycles. The average Bonchev–Trinajstić information content (AvgIpc) is 2.51. The van der Waals surface area contributed by atoms with Crippen molar-refractivity contribution in [2.45, 2.75) is 39.0 Å². The van der Waals surface area contributed by atoms with Gasteiger partial charge in [-0.1, -0.05) is 30.3 Å². The van der Waals surface area contributed by atoms with Gasteiger partial charge in [-0.3, -0.25) is 4.79 Å². The van der Waals surface area contributed by atoms with Crippen molar-refractivity contribution >= 4 is 18.0 Å². The first-order valence-electron chi connectivity index (χ1n) is 7.80. The molecule has 0 spiro atoms. The molecule has 8 nitrogen and oxygen atoms in total. The first-order valence-corrected chi connectivity index (χ1v) is 7.80. The predicted octanol–water partition coefficient (Wildman–Crippen LogP) is 1.30. The molecule has 0 aliphatic rings. The summed E-state index contributed by atoms with van der Waals surface area (Å²) in [5, 5.41) is 14.0. The summed E-state index contributed by atoms with van der Waals surface area (Å²) in [6, 6.07) is 7.95. The normalized spacial score (nSPS) is 12.1. The van der Waals surface area contributed by atoms with Gasteiger partial charge in [0.15, 0.2) is 0 Å². The Balaban J connectivity index is 2.33. The Morgan fingerprint density at radius 2 is 1.80 bits per heavy atom. The Morgan fingerprint density at radius 1 is 1.16 bits per heavy atom.